The third-order valence-corrected chi connectivity index (χ3v) is 3.84. The molecule has 0 aliphatic carbocycles. The molecule has 0 saturated heterocycles. The van der Waals surface area contributed by atoms with E-state index in [9.17, 15) is 14.4 Å². The number of thioether (sulfide) groups is 1. The van der Waals surface area contributed by atoms with E-state index >= 15 is 0 Å². The summed E-state index contributed by atoms with van der Waals surface area (Å²) < 4.78 is 18.1. The predicted molar refractivity (Wildman–Crippen MR) is 78.8 cm³/mol. The fourth-order valence-corrected chi connectivity index (χ4v) is 2.68. The van der Waals surface area contributed by atoms with Crippen molar-refractivity contribution in [2.75, 3.05) is 7.11 Å². The molecule has 2 aromatic rings. The molecule has 3 nitrogen and oxygen atoms in total. The van der Waals surface area contributed by atoms with E-state index in [-0.39, 0.29) is 5.82 Å². The van der Waals surface area contributed by atoms with Crippen molar-refractivity contribution in [2.45, 2.75) is 10.6 Å². The second-order valence-electron chi connectivity index (χ2n) is 4.20. The van der Waals surface area contributed by atoms with Gasteiger partial charge in [0.15, 0.2) is 0 Å². The van der Waals surface area contributed by atoms with Crippen LogP contribution in [0.1, 0.15) is 5.56 Å². The minimum atomic E-state index is -1.58. The van der Waals surface area contributed by atoms with Gasteiger partial charge in [-0.15, -0.1) is 11.8 Å². The maximum atomic E-state index is 13.1. The monoisotopic (exact) mass is 292 g/mol. The van der Waals surface area contributed by atoms with Gasteiger partial charge in [0.1, 0.15) is 11.6 Å². The molecule has 2 aromatic carbocycles. The lowest BCUT2D eigenvalue weighted by Gasteiger charge is -2.10. The lowest BCUT2D eigenvalue weighted by Crippen LogP contribution is -2.31. The van der Waals surface area contributed by atoms with Crippen molar-refractivity contribution in [3.8, 4) is 5.75 Å². The topological polar surface area (TPSA) is 49.7 Å². The fraction of sp³-hybridized carbons (Fsp3) is 0.143. The van der Waals surface area contributed by atoms with Crippen LogP contribution in [-0.4, -0.2) is 24.3 Å². The Morgan fingerprint density at radius 3 is 2.65 bits per heavy atom. The van der Waals surface area contributed by atoms with Crippen LogP contribution in [0.4, 0.5) is 4.39 Å². The molecule has 0 atom stereocenters. The van der Waals surface area contributed by atoms with Crippen LogP contribution < -0.4 is 10.2 Å². The summed E-state index contributed by atoms with van der Waals surface area (Å²) in [5.74, 6) is 0.767. The van der Waals surface area contributed by atoms with Crippen molar-refractivity contribution in [2.24, 2.45) is 0 Å². The number of hydrogen-bond donors (Lipinski definition) is 2. The highest BCUT2D eigenvalue weighted by molar-refractivity contribution is 7.98. The summed E-state index contributed by atoms with van der Waals surface area (Å²) >= 11 is 1.48. The van der Waals surface area contributed by atoms with Gasteiger partial charge in [-0.1, -0.05) is 18.2 Å². The van der Waals surface area contributed by atoms with E-state index < -0.39 is 7.12 Å². The van der Waals surface area contributed by atoms with Gasteiger partial charge < -0.3 is 14.8 Å². The molecule has 6 heteroatoms. The van der Waals surface area contributed by atoms with E-state index in [1.165, 1.54) is 31.0 Å². The zero-order valence-electron chi connectivity index (χ0n) is 10.9. The van der Waals surface area contributed by atoms with E-state index in [1.54, 1.807) is 18.2 Å². The Kier molecular flexibility index (Phi) is 5.06. The summed E-state index contributed by atoms with van der Waals surface area (Å²) in [5.41, 5.74) is 1.23. The molecule has 2 rings (SSSR count). The summed E-state index contributed by atoms with van der Waals surface area (Å²) in [4.78, 5) is 0.826. The fourth-order valence-electron chi connectivity index (χ4n) is 1.80. The predicted octanol–water partition coefficient (Wildman–Crippen LogP) is 1.81. The third-order valence-electron chi connectivity index (χ3n) is 2.77. The van der Waals surface area contributed by atoms with E-state index in [0.29, 0.717) is 17.0 Å². The summed E-state index contributed by atoms with van der Waals surface area (Å²) in [6, 6.07) is 11.6. The second kappa shape index (κ2) is 6.79. The highest BCUT2D eigenvalue weighted by Gasteiger charge is 2.17. The van der Waals surface area contributed by atoms with Crippen LogP contribution in [-0.2, 0) is 5.75 Å². The Balaban J connectivity index is 2.12. The van der Waals surface area contributed by atoms with Gasteiger partial charge in [-0.2, -0.15) is 0 Å². The van der Waals surface area contributed by atoms with Crippen LogP contribution in [0.25, 0.3) is 0 Å². The van der Waals surface area contributed by atoms with Crippen LogP contribution in [0.15, 0.2) is 47.4 Å². The van der Waals surface area contributed by atoms with Crippen LogP contribution in [0.3, 0.4) is 0 Å². The number of benzene rings is 2. The molecule has 0 fully saturated rings. The molecular weight excluding hydrogens is 278 g/mol. The quantitative estimate of drug-likeness (QED) is 0.652. The van der Waals surface area contributed by atoms with Crippen LogP contribution in [0, 0.1) is 5.82 Å². The molecule has 0 unspecified atom stereocenters. The van der Waals surface area contributed by atoms with Crippen LogP contribution in [0.5, 0.6) is 5.75 Å². The van der Waals surface area contributed by atoms with Crippen LogP contribution >= 0.6 is 11.8 Å². The molecular formula is C14H14BFO3S. The van der Waals surface area contributed by atoms with Crippen molar-refractivity contribution >= 4 is 24.3 Å². The first-order valence-electron chi connectivity index (χ1n) is 6.01. The molecule has 0 saturated carbocycles. The number of hydrogen-bond acceptors (Lipinski definition) is 4. The Morgan fingerprint density at radius 1 is 1.20 bits per heavy atom. The van der Waals surface area contributed by atoms with Crippen molar-refractivity contribution < 1.29 is 19.2 Å². The van der Waals surface area contributed by atoms with Crippen molar-refractivity contribution in [1.29, 1.82) is 0 Å². The number of halogens is 1. The zero-order valence-corrected chi connectivity index (χ0v) is 11.7. The molecule has 20 heavy (non-hydrogen) atoms. The van der Waals surface area contributed by atoms with Gasteiger partial charge in [-0.25, -0.2) is 4.39 Å². The normalized spacial score (nSPS) is 10.4. The average molecular weight is 292 g/mol. The van der Waals surface area contributed by atoms with Gasteiger partial charge in [0.05, 0.1) is 7.11 Å². The molecule has 0 aliphatic heterocycles. The molecule has 0 spiro atoms. The third kappa shape index (κ3) is 3.76. The lowest BCUT2D eigenvalue weighted by atomic mass is 9.79. The Labute approximate surface area is 121 Å². The minimum Gasteiger partial charge on any atom is -0.497 e. The summed E-state index contributed by atoms with van der Waals surface area (Å²) in [6.07, 6.45) is 0. The van der Waals surface area contributed by atoms with Crippen molar-refractivity contribution in [1.82, 2.24) is 0 Å². The average Bonchev–Trinajstić information content (AvgIpc) is 2.45. The summed E-state index contributed by atoms with van der Waals surface area (Å²) in [7, 11) is -0.105. The number of rotatable bonds is 5. The molecule has 2 N–H and O–H groups in total. The Morgan fingerprint density at radius 2 is 2.00 bits per heavy atom. The molecule has 0 aromatic heterocycles. The van der Waals surface area contributed by atoms with Gasteiger partial charge in [0.2, 0.25) is 0 Å². The van der Waals surface area contributed by atoms with Crippen LogP contribution in [0.2, 0.25) is 0 Å². The lowest BCUT2D eigenvalue weighted by molar-refractivity contribution is 0.403. The minimum absolute atomic E-state index is 0.267. The summed E-state index contributed by atoms with van der Waals surface area (Å²) in [5, 5.41) is 18.6. The maximum absolute atomic E-state index is 13.1. The van der Waals surface area contributed by atoms with Gasteiger partial charge >= 0.3 is 7.12 Å². The van der Waals surface area contributed by atoms with E-state index in [0.717, 1.165) is 10.5 Å². The van der Waals surface area contributed by atoms with Gasteiger partial charge in [-0.05, 0) is 29.8 Å². The molecule has 0 radical (unpaired) electrons. The summed E-state index contributed by atoms with van der Waals surface area (Å²) in [6.45, 7) is 0. The van der Waals surface area contributed by atoms with E-state index in [4.69, 9.17) is 4.74 Å². The smallest absolute Gasteiger partial charge is 0.492 e. The van der Waals surface area contributed by atoms with E-state index in [2.05, 4.69) is 0 Å². The second-order valence-corrected chi connectivity index (χ2v) is 5.24. The Bertz CT molecular complexity index is 592. The molecule has 0 aliphatic rings. The molecule has 0 bridgehead atoms. The number of ether oxygens (including phenoxy) is 1. The zero-order chi connectivity index (χ0) is 14.5. The standard InChI is InChI=1S/C14H14BFO3S/c1-19-14-6-5-10(7-13(14)15(17)18)9-20-12-4-2-3-11(16)8-12/h2-8,17-18H,9H2,1H3. The Hall–Kier alpha value is -1.50. The number of methoxy groups -OCH3 is 1. The van der Waals surface area contributed by atoms with Crippen molar-refractivity contribution in [3.05, 3.63) is 53.8 Å². The first-order chi connectivity index (χ1) is 9.60. The highest BCUT2D eigenvalue weighted by Crippen LogP contribution is 2.23. The first-order valence-corrected chi connectivity index (χ1v) is 7.00. The van der Waals surface area contributed by atoms with Gasteiger partial charge in [0.25, 0.3) is 0 Å². The maximum Gasteiger partial charge on any atom is 0.492 e. The molecule has 0 heterocycles. The van der Waals surface area contributed by atoms with Gasteiger partial charge in [-0.3, -0.25) is 0 Å². The molecule has 0 amide bonds. The largest absolute Gasteiger partial charge is 0.497 e. The van der Waals surface area contributed by atoms with Crippen molar-refractivity contribution in [3.63, 3.8) is 0 Å². The van der Waals surface area contributed by atoms with E-state index in [1.807, 2.05) is 12.1 Å². The highest BCUT2D eigenvalue weighted by atomic mass is 32.2. The first kappa shape index (κ1) is 14.9. The molecule has 104 valence electrons. The SMILES string of the molecule is COc1ccc(CSc2cccc(F)c2)cc1B(O)O. The van der Waals surface area contributed by atoms with Gasteiger partial charge in [0, 0.05) is 16.1 Å².